The van der Waals surface area contributed by atoms with E-state index in [9.17, 15) is 4.79 Å². The second-order valence-corrected chi connectivity index (χ2v) is 6.12. The van der Waals surface area contributed by atoms with Gasteiger partial charge in [-0.15, -0.1) is 0 Å². The highest BCUT2D eigenvalue weighted by Gasteiger charge is 2.24. The highest BCUT2D eigenvalue weighted by Crippen LogP contribution is 2.27. The Hall–Kier alpha value is -3.26. The predicted octanol–water partition coefficient (Wildman–Crippen LogP) is 3.00. The molecule has 2 aromatic carbocycles. The van der Waals surface area contributed by atoms with E-state index in [0.29, 0.717) is 24.4 Å². The Balaban J connectivity index is 1.44. The van der Waals surface area contributed by atoms with Crippen LogP contribution in [0.2, 0.25) is 0 Å². The van der Waals surface area contributed by atoms with Crippen LogP contribution in [0.1, 0.15) is 16.8 Å². The number of para-hydroxylation sites is 1. The van der Waals surface area contributed by atoms with Crippen LogP contribution in [0.25, 0.3) is 10.9 Å². The molecule has 0 fully saturated rings. The molecule has 0 radical (unpaired) electrons. The van der Waals surface area contributed by atoms with E-state index in [1.165, 1.54) is 16.6 Å². The molecule has 4 rings (SSSR count). The lowest BCUT2D eigenvalue weighted by molar-refractivity contribution is -0.134. The van der Waals surface area contributed by atoms with Crippen LogP contribution in [0.3, 0.4) is 0 Å². The minimum Gasteiger partial charge on any atom is -0.484 e. The normalized spacial score (nSPS) is 13.3. The predicted molar refractivity (Wildman–Crippen MR) is 94.1 cm³/mol. The van der Waals surface area contributed by atoms with Gasteiger partial charge in [-0.25, -0.2) is 0 Å². The molecule has 25 heavy (non-hydrogen) atoms. The van der Waals surface area contributed by atoms with Gasteiger partial charge in [-0.2, -0.15) is 5.26 Å². The first-order valence-electron chi connectivity index (χ1n) is 8.24. The van der Waals surface area contributed by atoms with Crippen molar-refractivity contribution in [1.29, 1.82) is 5.26 Å². The topological polar surface area (TPSA) is 69.1 Å². The van der Waals surface area contributed by atoms with E-state index in [1.54, 1.807) is 24.3 Å². The number of rotatable bonds is 3. The average Bonchev–Trinajstić information content (AvgIpc) is 3.04. The Bertz CT molecular complexity index is 967. The van der Waals surface area contributed by atoms with Crippen molar-refractivity contribution < 1.29 is 9.53 Å². The van der Waals surface area contributed by atoms with Crippen molar-refractivity contribution in [3.8, 4) is 11.8 Å². The maximum Gasteiger partial charge on any atom is 0.260 e. The number of ether oxygens (including phenoxy) is 1. The number of fused-ring (bicyclic) bond motifs is 3. The molecule has 2 heterocycles. The van der Waals surface area contributed by atoms with Crippen molar-refractivity contribution >= 4 is 16.8 Å². The van der Waals surface area contributed by atoms with Crippen LogP contribution in [-0.2, 0) is 17.8 Å². The second-order valence-electron chi connectivity index (χ2n) is 6.12. The number of nitrogens with one attached hydrogen (secondary N) is 1. The fourth-order valence-corrected chi connectivity index (χ4v) is 3.24. The number of carbonyl (C=O) groups excluding carboxylic acids is 1. The van der Waals surface area contributed by atoms with E-state index in [4.69, 9.17) is 10.00 Å². The van der Waals surface area contributed by atoms with Gasteiger partial charge >= 0.3 is 0 Å². The number of aromatic amines is 1. The number of nitrogens with zero attached hydrogens (tertiary/aromatic N) is 2. The van der Waals surface area contributed by atoms with E-state index >= 15 is 0 Å². The molecule has 0 saturated carbocycles. The van der Waals surface area contributed by atoms with Crippen LogP contribution in [0.5, 0.6) is 5.75 Å². The third-order valence-corrected chi connectivity index (χ3v) is 4.58. The third kappa shape index (κ3) is 2.94. The monoisotopic (exact) mass is 331 g/mol. The number of carbonyl (C=O) groups is 1. The summed E-state index contributed by atoms with van der Waals surface area (Å²) in [7, 11) is 0. The number of benzene rings is 2. The van der Waals surface area contributed by atoms with Gasteiger partial charge in [0.15, 0.2) is 6.61 Å². The second kappa shape index (κ2) is 6.33. The van der Waals surface area contributed by atoms with Crippen LogP contribution in [-0.4, -0.2) is 28.9 Å². The number of hydrogen-bond donors (Lipinski definition) is 1. The van der Waals surface area contributed by atoms with E-state index in [-0.39, 0.29) is 12.5 Å². The highest BCUT2D eigenvalue weighted by atomic mass is 16.5. The maximum absolute atomic E-state index is 12.5. The number of amides is 1. The van der Waals surface area contributed by atoms with Gasteiger partial charge in [-0.3, -0.25) is 4.79 Å². The molecule has 5 heteroatoms. The lowest BCUT2D eigenvalue weighted by atomic mass is 10.0. The summed E-state index contributed by atoms with van der Waals surface area (Å²) >= 11 is 0. The summed E-state index contributed by atoms with van der Waals surface area (Å²) in [5, 5.41) is 9.98. The molecule has 1 N–H and O–H groups in total. The molecule has 0 saturated heterocycles. The van der Waals surface area contributed by atoms with Crippen LogP contribution < -0.4 is 4.74 Å². The van der Waals surface area contributed by atoms with E-state index in [1.807, 2.05) is 17.0 Å². The van der Waals surface area contributed by atoms with Crippen LogP contribution in [0.15, 0.2) is 48.5 Å². The number of nitriles is 1. The SMILES string of the molecule is N#Cc1ccc(OCC(=O)N2CCc3[nH]c4ccccc4c3C2)cc1. The third-order valence-electron chi connectivity index (χ3n) is 4.58. The summed E-state index contributed by atoms with van der Waals surface area (Å²) < 4.78 is 5.57. The summed E-state index contributed by atoms with van der Waals surface area (Å²) in [4.78, 5) is 17.8. The average molecular weight is 331 g/mol. The molecule has 0 bridgehead atoms. The first kappa shape index (κ1) is 15.3. The molecule has 1 amide bonds. The molecule has 5 nitrogen and oxygen atoms in total. The van der Waals surface area contributed by atoms with Crippen molar-refractivity contribution in [2.24, 2.45) is 0 Å². The van der Waals surface area contributed by atoms with Crippen LogP contribution in [0, 0.1) is 11.3 Å². The minimum absolute atomic E-state index is 0.00356. The molecular weight excluding hydrogens is 314 g/mol. The Morgan fingerprint density at radius 1 is 1.20 bits per heavy atom. The molecule has 1 aliphatic rings. The Morgan fingerprint density at radius 2 is 2.00 bits per heavy atom. The maximum atomic E-state index is 12.5. The van der Waals surface area contributed by atoms with E-state index < -0.39 is 0 Å². The highest BCUT2D eigenvalue weighted by molar-refractivity contribution is 5.86. The van der Waals surface area contributed by atoms with Crippen molar-refractivity contribution in [2.45, 2.75) is 13.0 Å². The lowest BCUT2D eigenvalue weighted by Crippen LogP contribution is -2.38. The number of hydrogen-bond acceptors (Lipinski definition) is 3. The largest absolute Gasteiger partial charge is 0.484 e. The molecule has 3 aromatic rings. The van der Waals surface area contributed by atoms with Crippen molar-refractivity contribution in [3.63, 3.8) is 0 Å². The molecule has 0 spiro atoms. The molecule has 0 aliphatic carbocycles. The fourth-order valence-electron chi connectivity index (χ4n) is 3.24. The zero-order valence-electron chi connectivity index (χ0n) is 13.7. The zero-order valence-corrected chi connectivity index (χ0v) is 13.7. The molecule has 1 aliphatic heterocycles. The molecule has 0 atom stereocenters. The summed E-state index contributed by atoms with van der Waals surface area (Å²) in [5.74, 6) is 0.567. The van der Waals surface area contributed by atoms with Gasteiger partial charge in [0.05, 0.1) is 11.6 Å². The Kier molecular flexibility index (Phi) is 3.87. The minimum atomic E-state index is -0.0275. The van der Waals surface area contributed by atoms with Crippen LogP contribution >= 0.6 is 0 Å². The van der Waals surface area contributed by atoms with Gasteiger partial charge in [-0.1, -0.05) is 18.2 Å². The van der Waals surface area contributed by atoms with E-state index in [0.717, 1.165) is 11.9 Å². The first-order chi connectivity index (χ1) is 12.2. The summed E-state index contributed by atoms with van der Waals surface area (Å²) in [6.07, 6.45) is 0.826. The standard InChI is InChI=1S/C20H17N3O2/c21-11-14-5-7-15(8-6-14)25-13-20(24)23-10-9-19-17(12-23)16-3-1-2-4-18(16)22-19/h1-8,22H,9-10,12-13H2. The fraction of sp³-hybridized carbons (Fsp3) is 0.200. The quantitative estimate of drug-likeness (QED) is 0.802. The summed E-state index contributed by atoms with van der Waals surface area (Å²) in [6.45, 7) is 1.30. The van der Waals surface area contributed by atoms with Gasteiger partial charge in [0.25, 0.3) is 5.91 Å². The van der Waals surface area contributed by atoms with Crippen molar-refractivity contribution in [1.82, 2.24) is 9.88 Å². The van der Waals surface area contributed by atoms with Gasteiger partial charge in [0.1, 0.15) is 5.75 Å². The van der Waals surface area contributed by atoms with E-state index in [2.05, 4.69) is 23.2 Å². The molecule has 0 unspecified atom stereocenters. The Labute approximate surface area is 145 Å². The first-order valence-corrected chi connectivity index (χ1v) is 8.24. The lowest BCUT2D eigenvalue weighted by Gasteiger charge is -2.27. The summed E-state index contributed by atoms with van der Waals surface area (Å²) in [6, 6.07) is 17.0. The smallest absolute Gasteiger partial charge is 0.260 e. The van der Waals surface area contributed by atoms with Gasteiger partial charge in [0, 0.05) is 41.7 Å². The van der Waals surface area contributed by atoms with Crippen molar-refractivity contribution in [3.05, 3.63) is 65.4 Å². The van der Waals surface area contributed by atoms with Gasteiger partial charge < -0.3 is 14.6 Å². The Morgan fingerprint density at radius 3 is 2.80 bits per heavy atom. The number of aromatic nitrogens is 1. The number of H-pyrrole nitrogens is 1. The molecule has 124 valence electrons. The zero-order chi connectivity index (χ0) is 17.2. The summed E-state index contributed by atoms with van der Waals surface area (Å²) in [5.41, 5.74) is 4.11. The van der Waals surface area contributed by atoms with Crippen molar-refractivity contribution in [2.75, 3.05) is 13.2 Å². The molecule has 1 aromatic heterocycles. The molecular formula is C20H17N3O2. The van der Waals surface area contributed by atoms with Gasteiger partial charge in [-0.05, 0) is 30.3 Å². The van der Waals surface area contributed by atoms with Crippen LogP contribution in [0.4, 0.5) is 0 Å². The van der Waals surface area contributed by atoms with Gasteiger partial charge in [0.2, 0.25) is 0 Å².